The van der Waals surface area contributed by atoms with Crippen molar-refractivity contribution in [1.29, 1.82) is 0 Å². The smallest absolute Gasteiger partial charge is 0.125 e. The molecule has 1 aromatic carbocycles. The van der Waals surface area contributed by atoms with Crippen LogP contribution in [0.3, 0.4) is 0 Å². The van der Waals surface area contributed by atoms with Crippen molar-refractivity contribution in [2.75, 3.05) is 20.3 Å². The maximum atomic E-state index is 9.26. The molecule has 0 aliphatic carbocycles. The second-order valence-corrected chi connectivity index (χ2v) is 4.08. The Balaban J connectivity index is 1.98. The van der Waals surface area contributed by atoms with Crippen LogP contribution in [-0.2, 0) is 11.3 Å². The Morgan fingerprint density at radius 1 is 1.47 bits per heavy atom. The molecule has 1 heterocycles. The van der Waals surface area contributed by atoms with Gasteiger partial charge in [0.2, 0.25) is 0 Å². The van der Waals surface area contributed by atoms with Crippen molar-refractivity contribution in [3.05, 3.63) is 23.8 Å². The third-order valence-electron chi connectivity index (χ3n) is 2.89. The van der Waals surface area contributed by atoms with Crippen molar-refractivity contribution in [3.63, 3.8) is 0 Å². The van der Waals surface area contributed by atoms with Crippen molar-refractivity contribution in [1.82, 2.24) is 0 Å². The predicted octanol–water partition coefficient (Wildman–Crippen LogP) is 1.75. The molecule has 0 aromatic heterocycles. The molecule has 94 valence electrons. The van der Waals surface area contributed by atoms with Crippen LogP contribution in [0.2, 0.25) is 0 Å². The lowest BCUT2D eigenvalue weighted by atomic mass is 10.2. The van der Waals surface area contributed by atoms with E-state index in [1.165, 1.54) is 0 Å². The van der Waals surface area contributed by atoms with Crippen LogP contribution in [-0.4, -0.2) is 31.5 Å². The van der Waals surface area contributed by atoms with Gasteiger partial charge < -0.3 is 19.3 Å². The molecule has 2 rings (SSSR count). The molecule has 1 fully saturated rings. The highest BCUT2D eigenvalue weighted by Gasteiger charge is 2.16. The van der Waals surface area contributed by atoms with Crippen molar-refractivity contribution < 1.29 is 19.3 Å². The van der Waals surface area contributed by atoms with Gasteiger partial charge in [-0.25, -0.2) is 0 Å². The van der Waals surface area contributed by atoms with E-state index in [9.17, 15) is 5.11 Å². The number of methoxy groups -OCH3 is 1. The summed E-state index contributed by atoms with van der Waals surface area (Å²) in [6.07, 6.45) is 2.33. The molecule has 1 atom stereocenters. The molecule has 1 N–H and O–H groups in total. The van der Waals surface area contributed by atoms with Gasteiger partial charge in [-0.05, 0) is 31.0 Å². The summed E-state index contributed by atoms with van der Waals surface area (Å²) in [7, 11) is 1.60. The van der Waals surface area contributed by atoms with Crippen LogP contribution in [0.4, 0.5) is 0 Å². The van der Waals surface area contributed by atoms with Gasteiger partial charge in [-0.1, -0.05) is 0 Å². The van der Waals surface area contributed by atoms with Gasteiger partial charge in [0.15, 0.2) is 0 Å². The zero-order valence-corrected chi connectivity index (χ0v) is 10.0. The SMILES string of the molecule is COc1ccc(OCC2CCCO2)c(CO)c1. The Kier molecular flexibility index (Phi) is 4.23. The van der Waals surface area contributed by atoms with Crippen molar-refractivity contribution in [2.45, 2.75) is 25.6 Å². The van der Waals surface area contributed by atoms with Crippen LogP contribution in [0, 0.1) is 0 Å². The zero-order chi connectivity index (χ0) is 12.1. The lowest BCUT2D eigenvalue weighted by molar-refractivity contribution is 0.0671. The molecule has 1 aromatic rings. The van der Waals surface area contributed by atoms with Crippen LogP contribution in [0.5, 0.6) is 11.5 Å². The van der Waals surface area contributed by atoms with E-state index in [0.717, 1.165) is 30.8 Å². The van der Waals surface area contributed by atoms with Gasteiger partial charge >= 0.3 is 0 Å². The summed E-state index contributed by atoms with van der Waals surface area (Å²) in [5.41, 5.74) is 0.738. The third-order valence-corrected chi connectivity index (χ3v) is 2.89. The van der Waals surface area contributed by atoms with Gasteiger partial charge in [0, 0.05) is 12.2 Å². The summed E-state index contributed by atoms with van der Waals surface area (Å²) in [5, 5.41) is 9.26. The Hall–Kier alpha value is -1.26. The molecule has 1 aliphatic rings. The Labute approximate surface area is 101 Å². The molecule has 0 amide bonds. The van der Waals surface area contributed by atoms with E-state index in [0.29, 0.717) is 12.4 Å². The zero-order valence-electron chi connectivity index (χ0n) is 10.0. The third kappa shape index (κ3) is 3.11. The van der Waals surface area contributed by atoms with E-state index in [1.807, 2.05) is 12.1 Å². The fourth-order valence-electron chi connectivity index (χ4n) is 1.91. The molecular weight excluding hydrogens is 220 g/mol. The lowest BCUT2D eigenvalue weighted by Gasteiger charge is -2.14. The predicted molar refractivity (Wildman–Crippen MR) is 63.4 cm³/mol. The van der Waals surface area contributed by atoms with E-state index >= 15 is 0 Å². The maximum Gasteiger partial charge on any atom is 0.125 e. The minimum absolute atomic E-state index is 0.0575. The number of aliphatic hydroxyl groups excluding tert-OH is 1. The summed E-state index contributed by atoms with van der Waals surface area (Å²) in [5.74, 6) is 1.42. The highest BCUT2D eigenvalue weighted by atomic mass is 16.5. The van der Waals surface area contributed by atoms with Gasteiger partial charge in [0.1, 0.15) is 18.1 Å². The van der Waals surface area contributed by atoms with E-state index < -0.39 is 0 Å². The first kappa shape index (κ1) is 12.2. The molecular formula is C13H18O4. The van der Waals surface area contributed by atoms with E-state index in [4.69, 9.17) is 14.2 Å². The summed E-state index contributed by atoms with van der Waals surface area (Å²) in [6.45, 7) is 1.31. The standard InChI is InChI=1S/C13H18O4/c1-15-11-4-5-13(10(7-11)8-14)17-9-12-3-2-6-16-12/h4-5,7,12,14H,2-3,6,8-9H2,1H3. The van der Waals surface area contributed by atoms with E-state index in [-0.39, 0.29) is 12.7 Å². The average molecular weight is 238 g/mol. The van der Waals surface area contributed by atoms with Crippen LogP contribution < -0.4 is 9.47 Å². The molecule has 4 nitrogen and oxygen atoms in total. The molecule has 0 saturated carbocycles. The highest BCUT2D eigenvalue weighted by molar-refractivity contribution is 5.39. The Morgan fingerprint density at radius 2 is 2.35 bits per heavy atom. The van der Waals surface area contributed by atoms with Gasteiger partial charge in [-0.3, -0.25) is 0 Å². The van der Waals surface area contributed by atoms with E-state index in [1.54, 1.807) is 13.2 Å². The summed E-state index contributed by atoms with van der Waals surface area (Å²) in [6, 6.07) is 5.42. The van der Waals surface area contributed by atoms with Gasteiger partial charge in [0.05, 0.1) is 19.8 Å². The lowest BCUT2D eigenvalue weighted by Crippen LogP contribution is -2.16. The highest BCUT2D eigenvalue weighted by Crippen LogP contribution is 2.25. The number of hydrogen-bond acceptors (Lipinski definition) is 4. The summed E-state index contributed by atoms with van der Waals surface area (Å²) < 4.78 is 16.3. The topological polar surface area (TPSA) is 47.9 Å². The summed E-state index contributed by atoms with van der Waals surface area (Å²) >= 11 is 0. The van der Waals surface area contributed by atoms with Gasteiger partial charge in [-0.15, -0.1) is 0 Å². The van der Waals surface area contributed by atoms with Crippen LogP contribution >= 0.6 is 0 Å². The van der Waals surface area contributed by atoms with Crippen molar-refractivity contribution >= 4 is 0 Å². The van der Waals surface area contributed by atoms with Crippen LogP contribution in [0.1, 0.15) is 18.4 Å². The molecule has 1 aliphatic heterocycles. The first-order chi connectivity index (χ1) is 8.33. The van der Waals surface area contributed by atoms with Crippen LogP contribution in [0.25, 0.3) is 0 Å². The minimum atomic E-state index is -0.0575. The fraction of sp³-hybridized carbons (Fsp3) is 0.538. The first-order valence-corrected chi connectivity index (χ1v) is 5.85. The summed E-state index contributed by atoms with van der Waals surface area (Å²) in [4.78, 5) is 0. The fourth-order valence-corrected chi connectivity index (χ4v) is 1.91. The molecule has 0 spiro atoms. The number of hydrogen-bond donors (Lipinski definition) is 1. The van der Waals surface area contributed by atoms with Crippen molar-refractivity contribution in [3.8, 4) is 11.5 Å². The number of aliphatic hydroxyl groups is 1. The second-order valence-electron chi connectivity index (χ2n) is 4.08. The monoisotopic (exact) mass is 238 g/mol. The van der Waals surface area contributed by atoms with Crippen molar-refractivity contribution in [2.24, 2.45) is 0 Å². The molecule has 0 radical (unpaired) electrons. The van der Waals surface area contributed by atoms with E-state index in [2.05, 4.69) is 0 Å². The number of ether oxygens (including phenoxy) is 3. The first-order valence-electron chi connectivity index (χ1n) is 5.85. The average Bonchev–Trinajstić information content (AvgIpc) is 2.89. The largest absolute Gasteiger partial charge is 0.497 e. The Morgan fingerprint density at radius 3 is 3.00 bits per heavy atom. The Bertz CT molecular complexity index is 358. The van der Waals surface area contributed by atoms with Crippen LogP contribution in [0.15, 0.2) is 18.2 Å². The molecule has 17 heavy (non-hydrogen) atoms. The number of benzene rings is 1. The maximum absolute atomic E-state index is 9.26. The molecule has 1 unspecified atom stereocenters. The minimum Gasteiger partial charge on any atom is -0.497 e. The van der Waals surface area contributed by atoms with Gasteiger partial charge in [0.25, 0.3) is 0 Å². The quantitative estimate of drug-likeness (QED) is 0.849. The molecule has 4 heteroatoms. The van der Waals surface area contributed by atoms with Gasteiger partial charge in [-0.2, -0.15) is 0 Å². The number of rotatable bonds is 5. The molecule has 0 bridgehead atoms. The normalized spacial score (nSPS) is 19.3. The molecule has 1 saturated heterocycles. The second kappa shape index (κ2) is 5.89.